The fraction of sp³-hybridized carbons (Fsp3) is 0. The van der Waals surface area contributed by atoms with Gasteiger partial charge in [0.2, 0.25) is 5.71 Å². The van der Waals surface area contributed by atoms with Crippen molar-refractivity contribution >= 4 is 23.0 Å². The third-order valence-corrected chi connectivity index (χ3v) is 3.03. The highest BCUT2D eigenvalue weighted by Crippen LogP contribution is 2.22. The first-order valence-corrected chi connectivity index (χ1v) is 5.73. The van der Waals surface area contributed by atoms with E-state index in [-0.39, 0.29) is 16.5 Å². The van der Waals surface area contributed by atoms with Crippen LogP contribution in [-0.4, -0.2) is 21.8 Å². The van der Waals surface area contributed by atoms with Crippen molar-refractivity contribution in [1.29, 1.82) is 0 Å². The Bertz CT molecular complexity index is 607. The fourth-order valence-electron chi connectivity index (χ4n) is 1.33. The first-order valence-electron chi connectivity index (χ1n) is 4.85. The molecule has 0 atom stereocenters. The summed E-state index contributed by atoms with van der Waals surface area (Å²) in [7, 11) is 0. The monoisotopic (exact) mass is 265 g/mol. The summed E-state index contributed by atoms with van der Waals surface area (Å²) < 4.78 is 12.8. The summed E-state index contributed by atoms with van der Waals surface area (Å²) in [5.41, 5.74) is 5.98. The van der Waals surface area contributed by atoms with Gasteiger partial charge in [-0.25, -0.2) is 9.37 Å². The molecule has 0 saturated carbocycles. The lowest BCUT2D eigenvalue weighted by Crippen LogP contribution is -2.24. The third-order valence-electron chi connectivity index (χ3n) is 2.18. The number of hydrogen-bond donors (Lipinski definition) is 2. The summed E-state index contributed by atoms with van der Waals surface area (Å²) in [6, 6.07) is 5.75. The van der Waals surface area contributed by atoms with Crippen LogP contribution >= 0.6 is 11.3 Å². The lowest BCUT2D eigenvalue weighted by molar-refractivity contribution is -0.112. The van der Waals surface area contributed by atoms with E-state index >= 15 is 0 Å². The zero-order valence-corrected chi connectivity index (χ0v) is 9.82. The van der Waals surface area contributed by atoms with Crippen molar-refractivity contribution in [2.45, 2.75) is 0 Å². The standard InChI is InChI=1S/C11H8FN3O2S/c12-7-3-1-6(2-4-7)8-5-18-11(14-8)9(15-17)10(13)16/h1-5,17H,(H2,13,16)/b15-9-. The molecule has 0 aliphatic heterocycles. The maximum absolute atomic E-state index is 12.8. The number of nitrogens with zero attached hydrogens (tertiary/aromatic N) is 2. The number of primary amides is 1. The van der Waals surface area contributed by atoms with Crippen LogP contribution in [0.5, 0.6) is 0 Å². The molecule has 0 unspecified atom stereocenters. The van der Waals surface area contributed by atoms with Crippen LogP contribution in [0.15, 0.2) is 34.8 Å². The highest BCUT2D eigenvalue weighted by molar-refractivity contribution is 7.13. The quantitative estimate of drug-likeness (QED) is 0.502. The van der Waals surface area contributed by atoms with Gasteiger partial charge < -0.3 is 10.9 Å². The van der Waals surface area contributed by atoms with E-state index in [4.69, 9.17) is 10.9 Å². The molecule has 0 spiro atoms. The van der Waals surface area contributed by atoms with Crippen molar-refractivity contribution < 1.29 is 14.4 Å². The fourth-order valence-corrected chi connectivity index (χ4v) is 2.15. The Labute approximate surface area is 105 Å². The van der Waals surface area contributed by atoms with E-state index in [2.05, 4.69) is 10.1 Å². The summed E-state index contributed by atoms with van der Waals surface area (Å²) in [6.07, 6.45) is 0. The lowest BCUT2D eigenvalue weighted by atomic mass is 10.2. The zero-order valence-electron chi connectivity index (χ0n) is 9.00. The van der Waals surface area contributed by atoms with Crippen LogP contribution in [0.2, 0.25) is 0 Å². The van der Waals surface area contributed by atoms with Crippen LogP contribution in [0.3, 0.4) is 0 Å². The van der Waals surface area contributed by atoms with Gasteiger partial charge in [0.05, 0.1) is 5.69 Å². The van der Waals surface area contributed by atoms with E-state index in [1.807, 2.05) is 0 Å². The highest BCUT2D eigenvalue weighted by Gasteiger charge is 2.16. The molecule has 0 saturated heterocycles. The second-order valence-corrected chi connectivity index (χ2v) is 4.22. The minimum Gasteiger partial charge on any atom is -0.410 e. The minimum absolute atomic E-state index is 0.212. The number of carbonyl (C=O) groups excluding carboxylic acids is 1. The molecule has 2 rings (SSSR count). The highest BCUT2D eigenvalue weighted by atomic mass is 32.1. The van der Waals surface area contributed by atoms with E-state index in [0.717, 1.165) is 11.3 Å². The summed E-state index contributed by atoms with van der Waals surface area (Å²) in [5.74, 6) is -1.21. The van der Waals surface area contributed by atoms with Crippen molar-refractivity contribution in [3.05, 3.63) is 40.5 Å². The Morgan fingerprint density at radius 3 is 2.61 bits per heavy atom. The Balaban J connectivity index is 2.36. The van der Waals surface area contributed by atoms with Crippen LogP contribution in [0, 0.1) is 5.82 Å². The SMILES string of the molecule is NC(=O)/C(=N/O)c1nc(-c2ccc(F)cc2)cs1. The second-order valence-electron chi connectivity index (χ2n) is 3.36. The van der Waals surface area contributed by atoms with Crippen LogP contribution in [0.4, 0.5) is 4.39 Å². The molecule has 0 bridgehead atoms. The van der Waals surface area contributed by atoms with Crippen LogP contribution in [-0.2, 0) is 4.79 Å². The van der Waals surface area contributed by atoms with Gasteiger partial charge in [-0.15, -0.1) is 11.3 Å². The second kappa shape index (κ2) is 4.92. The number of benzene rings is 1. The number of nitrogens with two attached hydrogens (primary N) is 1. The molecule has 5 nitrogen and oxygen atoms in total. The van der Waals surface area contributed by atoms with Crippen LogP contribution in [0.25, 0.3) is 11.3 Å². The molecule has 1 heterocycles. The number of thiazole rings is 1. The van der Waals surface area contributed by atoms with E-state index in [9.17, 15) is 9.18 Å². The number of amides is 1. The van der Waals surface area contributed by atoms with Crippen LogP contribution < -0.4 is 5.73 Å². The summed E-state index contributed by atoms with van der Waals surface area (Å²) in [6.45, 7) is 0. The number of aromatic nitrogens is 1. The topological polar surface area (TPSA) is 88.6 Å². The maximum Gasteiger partial charge on any atom is 0.273 e. The van der Waals surface area contributed by atoms with Gasteiger partial charge in [0, 0.05) is 10.9 Å². The Kier molecular flexibility index (Phi) is 3.33. The predicted molar refractivity (Wildman–Crippen MR) is 65.0 cm³/mol. The molecule has 1 aromatic carbocycles. The van der Waals surface area contributed by atoms with Gasteiger partial charge in [0.25, 0.3) is 5.91 Å². The summed E-state index contributed by atoms with van der Waals surface area (Å²) in [4.78, 5) is 15.1. The van der Waals surface area contributed by atoms with Gasteiger partial charge in [-0.2, -0.15) is 0 Å². The maximum atomic E-state index is 12.8. The van der Waals surface area contributed by atoms with Crippen molar-refractivity contribution in [1.82, 2.24) is 4.98 Å². The first kappa shape index (κ1) is 12.2. The molecule has 3 N–H and O–H groups in total. The van der Waals surface area contributed by atoms with Gasteiger partial charge in [-0.1, -0.05) is 5.16 Å². The first-order chi connectivity index (χ1) is 8.61. The van der Waals surface area contributed by atoms with Gasteiger partial charge in [-0.3, -0.25) is 4.79 Å². The average Bonchev–Trinajstić information content (AvgIpc) is 2.80. The van der Waals surface area contributed by atoms with E-state index in [0.29, 0.717) is 11.3 Å². The molecule has 0 fully saturated rings. The Morgan fingerprint density at radius 2 is 2.06 bits per heavy atom. The molecule has 92 valence electrons. The van der Waals surface area contributed by atoms with E-state index in [1.165, 1.54) is 12.1 Å². The van der Waals surface area contributed by atoms with Crippen molar-refractivity contribution in [2.75, 3.05) is 0 Å². The number of carbonyl (C=O) groups is 1. The van der Waals surface area contributed by atoms with E-state index < -0.39 is 5.91 Å². The van der Waals surface area contributed by atoms with Crippen molar-refractivity contribution in [2.24, 2.45) is 10.9 Å². The zero-order chi connectivity index (χ0) is 13.1. The predicted octanol–water partition coefficient (Wildman–Crippen LogP) is 1.61. The molecule has 7 heteroatoms. The number of hydrogen-bond acceptors (Lipinski definition) is 5. The molecular weight excluding hydrogens is 257 g/mol. The molecule has 18 heavy (non-hydrogen) atoms. The average molecular weight is 265 g/mol. The Hall–Kier alpha value is -2.28. The summed E-state index contributed by atoms with van der Waals surface area (Å²) >= 11 is 1.11. The van der Waals surface area contributed by atoms with Gasteiger partial charge >= 0.3 is 0 Å². The minimum atomic E-state index is -0.863. The normalized spacial score (nSPS) is 11.5. The largest absolute Gasteiger partial charge is 0.410 e. The molecule has 2 aromatic rings. The third kappa shape index (κ3) is 2.35. The van der Waals surface area contributed by atoms with Crippen LogP contribution in [0.1, 0.15) is 5.01 Å². The summed E-state index contributed by atoms with van der Waals surface area (Å²) in [5, 5.41) is 13.4. The van der Waals surface area contributed by atoms with Gasteiger partial charge in [-0.05, 0) is 24.3 Å². The lowest BCUT2D eigenvalue weighted by Gasteiger charge is -1.96. The number of halogens is 1. The molecule has 0 aliphatic carbocycles. The van der Waals surface area contributed by atoms with Crippen molar-refractivity contribution in [3.63, 3.8) is 0 Å². The van der Waals surface area contributed by atoms with Crippen molar-refractivity contribution in [3.8, 4) is 11.3 Å². The molecule has 0 radical (unpaired) electrons. The molecule has 0 aliphatic rings. The molecule has 1 aromatic heterocycles. The molecule has 1 amide bonds. The smallest absolute Gasteiger partial charge is 0.273 e. The van der Waals surface area contributed by atoms with E-state index in [1.54, 1.807) is 17.5 Å². The van der Waals surface area contributed by atoms with Gasteiger partial charge in [0.15, 0.2) is 5.01 Å². The number of oxime groups is 1. The molecular formula is C11H8FN3O2S. The Morgan fingerprint density at radius 1 is 1.39 bits per heavy atom. The van der Waals surface area contributed by atoms with Gasteiger partial charge in [0.1, 0.15) is 5.82 Å². The number of rotatable bonds is 3.